The zero-order valence-corrected chi connectivity index (χ0v) is 13.5. The zero-order chi connectivity index (χ0) is 13.7. The molecule has 0 aromatic rings. The van der Waals surface area contributed by atoms with E-state index < -0.39 is 0 Å². The minimum atomic E-state index is 0. The van der Waals surface area contributed by atoms with Crippen molar-refractivity contribution in [3.63, 3.8) is 0 Å². The smallest absolute Gasteiger partial charge is 0.233 e. The second-order valence-corrected chi connectivity index (χ2v) is 6.36. The number of hydrogen-bond donors (Lipinski definition) is 2. The van der Waals surface area contributed by atoms with E-state index in [4.69, 9.17) is 4.74 Å². The fourth-order valence-electron chi connectivity index (χ4n) is 2.84. The van der Waals surface area contributed by atoms with Crippen molar-refractivity contribution in [1.29, 1.82) is 0 Å². The fourth-order valence-corrected chi connectivity index (χ4v) is 2.84. The Morgan fingerprint density at radius 1 is 1.25 bits per heavy atom. The lowest BCUT2D eigenvalue weighted by molar-refractivity contribution is -0.121. The second kappa shape index (κ2) is 8.85. The maximum absolute atomic E-state index is 11.7. The maximum atomic E-state index is 11.7. The Morgan fingerprint density at radius 3 is 2.65 bits per heavy atom. The van der Waals surface area contributed by atoms with Crippen molar-refractivity contribution in [2.45, 2.75) is 45.6 Å². The molecule has 20 heavy (non-hydrogen) atoms. The van der Waals surface area contributed by atoms with Gasteiger partial charge in [-0.2, -0.15) is 0 Å². The largest absolute Gasteiger partial charge is 0.378 e. The molecule has 1 heterocycles. The minimum absolute atomic E-state index is 0. The Bertz CT molecular complexity index is 296. The topological polar surface area (TPSA) is 50.4 Å². The summed E-state index contributed by atoms with van der Waals surface area (Å²) < 4.78 is 5.84. The molecule has 1 saturated heterocycles. The summed E-state index contributed by atoms with van der Waals surface area (Å²) in [5.74, 6) is 1.94. The lowest BCUT2D eigenvalue weighted by Crippen LogP contribution is -2.43. The molecule has 0 spiro atoms. The molecule has 1 amide bonds. The zero-order valence-electron chi connectivity index (χ0n) is 12.7. The molecular weight excluding hydrogens is 276 g/mol. The molecule has 4 nitrogen and oxygen atoms in total. The van der Waals surface area contributed by atoms with Crippen LogP contribution in [0.25, 0.3) is 0 Å². The van der Waals surface area contributed by atoms with Crippen LogP contribution in [0.5, 0.6) is 0 Å². The molecule has 0 aromatic heterocycles. The summed E-state index contributed by atoms with van der Waals surface area (Å²) in [5, 5.41) is 6.28. The molecule has 2 unspecified atom stereocenters. The first-order valence-electron chi connectivity index (χ1n) is 7.76. The summed E-state index contributed by atoms with van der Waals surface area (Å²) in [6, 6.07) is 0. The number of hydrogen-bond acceptors (Lipinski definition) is 3. The molecule has 5 heteroatoms. The van der Waals surface area contributed by atoms with Crippen molar-refractivity contribution >= 4 is 18.3 Å². The number of ether oxygens (including phenoxy) is 1. The van der Waals surface area contributed by atoms with Crippen LogP contribution in [0, 0.1) is 17.8 Å². The molecule has 0 bridgehead atoms. The van der Waals surface area contributed by atoms with Crippen molar-refractivity contribution in [2.75, 3.05) is 26.2 Å². The second-order valence-electron chi connectivity index (χ2n) is 6.36. The van der Waals surface area contributed by atoms with Crippen molar-refractivity contribution in [3.05, 3.63) is 0 Å². The molecule has 2 aliphatic rings. The summed E-state index contributed by atoms with van der Waals surface area (Å²) in [6.07, 6.45) is 5.23. The van der Waals surface area contributed by atoms with E-state index in [-0.39, 0.29) is 18.3 Å². The first kappa shape index (κ1) is 17.7. The standard InChI is InChI=1S/C15H28N2O2.ClH/c1-11(2)15-13(4-3-7-19-15)9-17-14(18)10-16-8-12-5-6-12;/h11-13,15-16H,3-10H2,1-2H3,(H,17,18);1H. The third-order valence-corrected chi connectivity index (χ3v) is 4.13. The number of carbonyl (C=O) groups excluding carboxylic acids is 1. The highest BCUT2D eigenvalue weighted by Gasteiger charge is 2.28. The SMILES string of the molecule is CC(C)C1OCCCC1CNC(=O)CNCC1CC1.Cl. The van der Waals surface area contributed by atoms with Crippen LogP contribution < -0.4 is 10.6 Å². The van der Waals surface area contributed by atoms with E-state index in [9.17, 15) is 4.79 Å². The highest BCUT2D eigenvalue weighted by Crippen LogP contribution is 2.27. The quantitative estimate of drug-likeness (QED) is 0.756. The van der Waals surface area contributed by atoms with Crippen LogP contribution in [0.4, 0.5) is 0 Å². The van der Waals surface area contributed by atoms with Gasteiger partial charge in [0, 0.05) is 19.1 Å². The maximum Gasteiger partial charge on any atom is 0.233 e. The molecular formula is C15H29ClN2O2. The van der Waals surface area contributed by atoms with Crippen LogP contribution in [0.15, 0.2) is 0 Å². The molecule has 1 saturated carbocycles. The number of nitrogens with one attached hydrogen (secondary N) is 2. The van der Waals surface area contributed by atoms with E-state index in [2.05, 4.69) is 24.5 Å². The Morgan fingerprint density at radius 2 is 2.00 bits per heavy atom. The van der Waals surface area contributed by atoms with E-state index in [1.54, 1.807) is 0 Å². The normalized spacial score (nSPS) is 26.1. The van der Waals surface area contributed by atoms with Crippen molar-refractivity contribution in [1.82, 2.24) is 10.6 Å². The van der Waals surface area contributed by atoms with Crippen molar-refractivity contribution in [2.24, 2.45) is 17.8 Å². The Labute approximate surface area is 128 Å². The van der Waals surface area contributed by atoms with E-state index in [1.165, 1.54) is 19.3 Å². The third kappa shape index (κ3) is 5.98. The average molecular weight is 305 g/mol. The summed E-state index contributed by atoms with van der Waals surface area (Å²) in [7, 11) is 0. The van der Waals surface area contributed by atoms with Gasteiger partial charge in [0.05, 0.1) is 12.6 Å². The number of carbonyl (C=O) groups is 1. The monoisotopic (exact) mass is 304 g/mol. The Hall–Kier alpha value is -0.320. The van der Waals surface area contributed by atoms with Gasteiger partial charge in [-0.05, 0) is 44.1 Å². The highest BCUT2D eigenvalue weighted by molar-refractivity contribution is 5.85. The molecule has 1 aliphatic heterocycles. The van der Waals surface area contributed by atoms with Gasteiger partial charge >= 0.3 is 0 Å². The predicted molar refractivity (Wildman–Crippen MR) is 83.2 cm³/mol. The van der Waals surface area contributed by atoms with Gasteiger partial charge in [-0.15, -0.1) is 12.4 Å². The van der Waals surface area contributed by atoms with Crippen LogP contribution in [0.1, 0.15) is 39.5 Å². The summed E-state index contributed by atoms with van der Waals surface area (Å²) in [4.78, 5) is 11.7. The van der Waals surface area contributed by atoms with Crippen LogP contribution in [-0.2, 0) is 9.53 Å². The van der Waals surface area contributed by atoms with Gasteiger partial charge in [0.15, 0.2) is 0 Å². The Balaban J connectivity index is 0.00000200. The van der Waals surface area contributed by atoms with Gasteiger partial charge in [0.2, 0.25) is 5.91 Å². The lowest BCUT2D eigenvalue weighted by atomic mass is 9.87. The molecule has 1 aliphatic carbocycles. The van der Waals surface area contributed by atoms with Crippen molar-refractivity contribution < 1.29 is 9.53 Å². The van der Waals surface area contributed by atoms with Gasteiger partial charge in [-0.1, -0.05) is 13.8 Å². The van der Waals surface area contributed by atoms with Crippen LogP contribution in [0.2, 0.25) is 0 Å². The highest BCUT2D eigenvalue weighted by atomic mass is 35.5. The van der Waals surface area contributed by atoms with Crippen LogP contribution >= 0.6 is 12.4 Å². The molecule has 0 radical (unpaired) electrons. The summed E-state index contributed by atoms with van der Waals surface area (Å²) >= 11 is 0. The Kier molecular flexibility index (Phi) is 7.85. The number of amides is 1. The average Bonchev–Trinajstić information content (AvgIpc) is 3.20. The minimum Gasteiger partial charge on any atom is -0.378 e. The van der Waals surface area contributed by atoms with Gasteiger partial charge in [0.1, 0.15) is 0 Å². The van der Waals surface area contributed by atoms with Gasteiger partial charge in [-0.25, -0.2) is 0 Å². The molecule has 2 atom stereocenters. The van der Waals surface area contributed by atoms with E-state index in [0.717, 1.165) is 32.0 Å². The van der Waals surface area contributed by atoms with E-state index in [0.29, 0.717) is 24.5 Å². The molecule has 2 rings (SSSR count). The number of rotatable bonds is 7. The fraction of sp³-hybridized carbons (Fsp3) is 0.933. The molecule has 118 valence electrons. The molecule has 0 aromatic carbocycles. The molecule has 2 fully saturated rings. The van der Waals surface area contributed by atoms with Gasteiger partial charge < -0.3 is 15.4 Å². The van der Waals surface area contributed by atoms with Crippen LogP contribution in [-0.4, -0.2) is 38.3 Å². The number of halogens is 1. The summed E-state index contributed by atoms with van der Waals surface area (Å²) in [6.45, 7) is 7.47. The first-order chi connectivity index (χ1) is 9.16. The van der Waals surface area contributed by atoms with Gasteiger partial charge in [-0.3, -0.25) is 4.79 Å². The first-order valence-corrected chi connectivity index (χ1v) is 7.76. The summed E-state index contributed by atoms with van der Waals surface area (Å²) in [5.41, 5.74) is 0. The van der Waals surface area contributed by atoms with E-state index in [1.807, 2.05) is 0 Å². The predicted octanol–water partition coefficient (Wildman–Crippen LogP) is 1.98. The van der Waals surface area contributed by atoms with E-state index >= 15 is 0 Å². The lowest BCUT2D eigenvalue weighted by Gasteiger charge is -2.34. The van der Waals surface area contributed by atoms with Crippen LogP contribution in [0.3, 0.4) is 0 Å². The molecule has 2 N–H and O–H groups in total. The third-order valence-electron chi connectivity index (χ3n) is 4.13. The van der Waals surface area contributed by atoms with Crippen molar-refractivity contribution in [3.8, 4) is 0 Å². The van der Waals surface area contributed by atoms with Gasteiger partial charge in [0.25, 0.3) is 0 Å².